The molecule has 0 bridgehead atoms. The Hall–Kier alpha value is -2.90. The Morgan fingerprint density at radius 2 is 1.96 bits per heavy atom. The van der Waals surface area contributed by atoms with Gasteiger partial charge in [-0.05, 0) is 37.6 Å². The number of anilines is 1. The molecule has 0 radical (unpaired) electrons. The minimum atomic E-state index is -0.513. The third kappa shape index (κ3) is 4.16. The summed E-state index contributed by atoms with van der Waals surface area (Å²) in [5.74, 6) is -0.117. The molecule has 0 unspecified atom stereocenters. The van der Waals surface area contributed by atoms with Gasteiger partial charge in [0.1, 0.15) is 0 Å². The van der Waals surface area contributed by atoms with Crippen LogP contribution >= 0.6 is 23.2 Å². The molecule has 28 heavy (non-hydrogen) atoms. The highest BCUT2D eigenvalue weighted by atomic mass is 35.5. The van der Waals surface area contributed by atoms with E-state index in [9.17, 15) is 14.9 Å². The van der Waals surface area contributed by atoms with Crippen LogP contribution in [0.15, 0.2) is 42.5 Å². The standard InChI is InChI=1S/C19H16Cl2N4O3/c1-11-8-18(23-24(11)10-13-6-7-14(20)9-16(13)21)22-19(26)15-4-3-5-17(12(15)2)25(27)28/h3-9H,10H2,1-2H3,(H,22,23,26). The van der Waals surface area contributed by atoms with E-state index < -0.39 is 10.8 Å². The van der Waals surface area contributed by atoms with Crippen LogP contribution in [0.3, 0.4) is 0 Å². The summed E-state index contributed by atoms with van der Waals surface area (Å²) in [7, 11) is 0. The van der Waals surface area contributed by atoms with Crippen molar-refractivity contribution in [3.8, 4) is 0 Å². The maximum atomic E-state index is 12.6. The Balaban J connectivity index is 1.81. The SMILES string of the molecule is Cc1c(C(=O)Nc2cc(C)n(Cc3ccc(Cl)cc3Cl)n2)cccc1[N+](=O)[O-]. The molecular weight excluding hydrogens is 403 g/mol. The fourth-order valence-corrected chi connectivity index (χ4v) is 3.26. The van der Waals surface area contributed by atoms with Crippen LogP contribution in [0.25, 0.3) is 0 Å². The molecule has 1 heterocycles. The molecule has 1 aromatic heterocycles. The lowest BCUT2D eigenvalue weighted by Gasteiger charge is -2.07. The summed E-state index contributed by atoms with van der Waals surface area (Å²) >= 11 is 12.1. The van der Waals surface area contributed by atoms with Crippen LogP contribution in [-0.2, 0) is 6.54 Å². The van der Waals surface area contributed by atoms with Gasteiger partial charge in [0.15, 0.2) is 5.82 Å². The molecule has 0 aliphatic carbocycles. The average molecular weight is 419 g/mol. The third-order valence-electron chi connectivity index (χ3n) is 4.30. The lowest BCUT2D eigenvalue weighted by Crippen LogP contribution is -2.15. The number of nitrogens with zero attached hydrogens (tertiary/aromatic N) is 3. The van der Waals surface area contributed by atoms with Crippen molar-refractivity contribution in [2.75, 3.05) is 5.32 Å². The van der Waals surface area contributed by atoms with Crippen LogP contribution < -0.4 is 5.32 Å². The molecule has 144 valence electrons. The summed E-state index contributed by atoms with van der Waals surface area (Å²) in [5, 5.41) is 19.2. The van der Waals surface area contributed by atoms with E-state index in [0.717, 1.165) is 11.3 Å². The van der Waals surface area contributed by atoms with Crippen LogP contribution in [0, 0.1) is 24.0 Å². The van der Waals surface area contributed by atoms with Crippen molar-refractivity contribution in [3.63, 3.8) is 0 Å². The molecular formula is C19H16Cl2N4O3. The summed E-state index contributed by atoms with van der Waals surface area (Å²) in [6, 6.07) is 11.3. The van der Waals surface area contributed by atoms with Gasteiger partial charge in [0, 0.05) is 39.0 Å². The van der Waals surface area contributed by atoms with Crippen LogP contribution in [0.2, 0.25) is 10.0 Å². The molecule has 3 rings (SSSR count). The van der Waals surface area contributed by atoms with E-state index in [-0.39, 0.29) is 11.3 Å². The van der Waals surface area contributed by atoms with Gasteiger partial charge in [-0.3, -0.25) is 19.6 Å². The van der Waals surface area contributed by atoms with Crippen LogP contribution in [0.5, 0.6) is 0 Å². The number of halogens is 2. The number of benzene rings is 2. The quantitative estimate of drug-likeness (QED) is 0.465. The molecule has 3 aromatic rings. The second-order valence-corrected chi connectivity index (χ2v) is 7.07. The van der Waals surface area contributed by atoms with Crippen LogP contribution in [0.1, 0.15) is 27.2 Å². The fraction of sp³-hybridized carbons (Fsp3) is 0.158. The normalized spacial score (nSPS) is 10.7. The molecule has 0 aliphatic heterocycles. The minimum Gasteiger partial charge on any atom is -0.305 e. The van der Waals surface area contributed by atoms with Gasteiger partial charge in [-0.1, -0.05) is 35.3 Å². The van der Waals surface area contributed by atoms with E-state index in [4.69, 9.17) is 23.2 Å². The molecule has 9 heteroatoms. The van der Waals surface area contributed by atoms with E-state index in [0.29, 0.717) is 28.0 Å². The van der Waals surface area contributed by atoms with Crippen molar-refractivity contribution in [1.29, 1.82) is 0 Å². The highest BCUT2D eigenvalue weighted by Gasteiger charge is 2.19. The van der Waals surface area contributed by atoms with Gasteiger partial charge in [0.2, 0.25) is 0 Å². The summed E-state index contributed by atoms with van der Waals surface area (Å²) < 4.78 is 1.70. The molecule has 0 fully saturated rings. The van der Waals surface area contributed by atoms with Gasteiger partial charge >= 0.3 is 0 Å². The summed E-state index contributed by atoms with van der Waals surface area (Å²) in [6.07, 6.45) is 0. The van der Waals surface area contributed by atoms with E-state index in [1.54, 1.807) is 29.8 Å². The van der Waals surface area contributed by atoms with Gasteiger partial charge in [-0.15, -0.1) is 0 Å². The second kappa shape index (κ2) is 8.00. The fourth-order valence-electron chi connectivity index (χ4n) is 2.79. The number of carbonyl (C=O) groups excluding carboxylic acids is 1. The van der Waals surface area contributed by atoms with Crippen molar-refractivity contribution in [2.45, 2.75) is 20.4 Å². The number of aromatic nitrogens is 2. The van der Waals surface area contributed by atoms with Gasteiger partial charge < -0.3 is 5.32 Å². The van der Waals surface area contributed by atoms with Gasteiger partial charge in [0.05, 0.1) is 11.5 Å². The number of carbonyl (C=O) groups is 1. The number of hydrogen-bond acceptors (Lipinski definition) is 4. The number of aryl methyl sites for hydroxylation is 1. The Morgan fingerprint density at radius 3 is 2.64 bits per heavy atom. The summed E-state index contributed by atoms with van der Waals surface area (Å²) in [6.45, 7) is 3.80. The molecule has 7 nitrogen and oxygen atoms in total. The topological polar surface area (TPSA) is 90.1 Å². The van der Waals surface area contributed by atoms with E-state index in [1.807, 2.05) is 13.0 Å². The van der Waals surface area contributed by atoms with E-state index in [1.165, 1.54) is 18.2 Å². The predicted molar refractivity (Wildman–Crippen MR) is 108 cm³/mol. The van der Waals surface area contributed by atoms with Gasteiger partial charge in [-0.25, -0.2) is 0 Å². The van der Waals surface area contributed by atoms with Crippen LogP contribution in [-0.4, -0.2) is 20.6 Å². The predicted octanol–water partition coefficient (Wildman–Crippen LogP) is 5.02. The summed E-state index contributed by atoms with van der Waals surface area (Å²) in [4.78, 5) is 23.1. The average Bonchev–Trinajstić information content (AvgIpc) is 2.96. The molecule has 2 aromatic carbocycles. The zero-order chi connectivity index (χ0) is 20.4. The Labute approximate surface area is 171 Å². The smallest absolute Gasteiger partial charge is 0.273 e. The Morgan fingerprint density at radius 1 is 1.21 bits per heavy atom. The van der Waals surface area contributed by atoms with Crippen LogP contribution in [0.4, 0.5) is 11.5 Å². The maximum Gasteiger partial charge on any atom is 0.273 e. The lowest BCUT2D eigenvalue weighted by atomic mass is 10.1. The van der Waals surface area contributed by atoms with E-state index in [2.05, 4.69) is 10.4 Å². The third-order valence-corrected chi connectivity index (χ3v) is 4.89. The van der Waals surface area contributed by atoms with Crippen molar-refractivity contribution >= 4 is 40.6 Å². The molecule has 0 atom stereocenters. The number of hydrogen-bond donors (Lipinski definition) is 1. The van der Waals surface area contributed by atoms with Crippen molar-refractivity contribution in [2.24, 2.45) is 0 Å². The largest absolute Gasteiger partial charge is 0.305 e. The number of nitro groups is 1. The maximum absolute atomic E-state index is 12.6. The highest BCUT2D eigenvalue weighted by Crippen LogP contribution is 2.24. The summed E-state index contributed by atoms with van der Waals surface area (Å²) in [5.41, 5.74) is 2.07. The number of nitro benzene ring substituents is 1. The zero-order valence-electron chi connectivity index (χ0n) is 15.1. The first-order valence-corrected chi connectivity index (χ1v) is 9.05. The number of nitrogens with one attached hydrogen (secondary N) is 1. The monoisotopic (exact) mass is 418 g/mol. The molecule has 1 N–H and O–H groups in total. The molecule has 0 aliphatic rings. The molecule has 0 saturated carbocycles. The van der Waals surface area contributed by atoms with Crippen molar-refractivity contribution in [1.82, 2.24) is 9.78 Å². The van der Waals surface area contributed by atoms with Gasteiger partial charge in [0.25, 0.3) is 11.6 Å². The van der Waals surface area contributed by atoms with Gasteiger partial charge in [-0.2, -0.15) is 5.10 Å². The molecule has 0 spiro atoms. The minimum absolute atomic E-state index is 0.105. The van der Waals surface area contributed by atoms with Crippen molar-refractivity contribution < 1.29 is 9.72 Å². The molecule has 1 amide bonds. The number of rotatable bonds is 5. The lowest BCUT2D eigenvalue weighted by molar-refractivity contribution is -0.385. The Kier molecular flexibility index (Phi) is 5.67. The number of amides is 1. The van der Waals surface area contributed by atoms with Crippen molar-refractivity contribution in [3.05, 3.63) is 85.0 Å². The highest BCUT2D eigenvalue weighted by molar-refractivity contribution is 6.35. The first kappa shape index (κ1) is 19.9. The second-order valence-electron chi connectivity index (χ2n) is 6.23. The van der Waals surface area contributed by atoms with E-state index >= 15 is 0 Å². The Bertz CT molecular complexity index is 1080. The first-order valence-electron chi connectivity index (χ1n) is 8.30. The zero-order valence-corrected chi connectivity index (χ0v) is 16.6. The first-order chi connectivity index (χ1) is 13.3. The molecule has 0 saturated heterocycles.